The molecule has 8 nitrogen and oxygen atoms in total. The number of methoxy groups -OCH3 is 2. The van der Waals surface area contributed by atoms with Crippen LogP contribution in [-0.2, 0) is 31.4 Å². The number of amides is 1. The first kappa shape index (κ1) is 22.2. The summed E-state index contributed by atoms with van der Waals surface area (Å²) in [5.74, 6) is 1.69. The lowest BCUT2D eigenvalue weighted by atomic mass is 10.1. The highest BCUT2D eigenvalue weighted by Crippen LogP contribution is 2.27. The maximum Gasteiger partial charge on any atom is 0.234 e. The van der Waals surface area contributed by atoms with Gasteiger partial charge in [-0.3, -0.25) is 4.79 Å². The van der Waals surface area contributed by atoms with Crippen molar-refractivity contribution in [3.8, 4) is 17.2 Å². The number of primary amides is 1. The summed E-state index contributed by atoms with van der Waals surface area (Å²) in [5, 5.41) is 3.22. The molecule has 1 unspecified atom stereocenters. The average Bonchev–Trinajstić information content (AvgIpc) is 3.19. The predicted octanol–water partition coefficient (Wildman–Crippen LogP) is 2.20. The van der Waals surface area contributed by atoms with Crippen LogP contribution in [0.3, 0.4) is 0 Å². The van der Waals surface area contributed by atoms with E-state index in [0.717, 1.165) is 22.6 Å². The van der Waals surface area contributed by atoms with Crippen molar-refractivity contribution in [3.63, 3.8) is 0 Å². The Kier molecular flexibility index (Phi) is 7.50. The molecule has 1 aromatic heterocycles. The Morgan fingerprint density at radius 2 is 1.90 bits per heavy atom. The molecule has 0 fully saturated rings. The third-order valence-electron chi connectivity index (χ3n) is 5.06. The number of carbonyl (C=O) groups excluding carboxylic acids is 1. The Labute approximate surface area is 181 Å². The SMILES string of the molecule is COc1cc(OCc2ccccc2OC)ccc1CNC(Cc1cncn1C)C(N)=O. The monoisotopic (exact) mass is 424 g/mol. The molecule has 1 amide bonds. The lowest BCUT2D eigenvalue weighted by molar-refractivity contribution is -0.120. The standard InChI is InChI=1S/C23H28N4O4/c1-27-15-25-13-18(27)10-20(23(24)28)26-12-16-8-9-19(11-22(16)30-3)31-14-17-6-4-5-7-21(17)29-2/h4-9,11,13,15,20,26H,10,12,14H2,1-3H3,(H2,24,28). The number of benzene rings is 2. The molecule has 3 aromatic rings. The number of aryl methyl sites for hydroxylation is 1. The molecule has 0 bridgehead atoms. The van der Waals surface area contributed by atoms with Crippen LogP contribution in [0.4, 0.5) is 0 Å². The van der Waals surface area contributed by atoms with Crippen molar-refractivity contribution in [2.75, 3.05) is 14.2 Å². The molecule has 0 radical (unpaired) electrons. The number of nitrogens with two attached hydrogens (primary N) is 1. The molecule has 1 atom stereocenters. The van der Waals surface area contributed by atoms with Gasteiger partial charge in [-0.05, 0) is 12.1 Å². The van der Waals surface area contributed by atoms with Gasteiger partial charge in [0.15, 0.2) is 0 Å². The molecule has 0 spiro atoms. The van der Waals surface area contributed by atoms with Gasteiger partial charge < -0.3 is 29.8 Å². The fourth-order valence-electron chi connectivity index (χ4n) is 3.24. The lowest BCUT2D eigenvalue weighted by Crippen LogP contribution is -2.42. The number of rotatable bonds is 11. The third kappa shape index (κ3) is 5.76. The molecular formula is C23H28N4O4. The maximum absolute atomic E-state index is 11.9. The Hall–Kier alpha value is -3.52. The van der Waals surface area contributed by atoms with Crippen LogP contribution in [0.15, 0.2) is 55.0 Å². The van der Waals surface area contributed by atoms with E-state index in [2.05, 4.69) is 10.3 Å². The number of nitrogens with one attached hydrogen (secondary N) is 1. The maximum atomic E-state index is 11.9. The molecule has 8 heteroatoms. The Bertz CT molecular complexity index is 1020. The minimum atomic E-state index is -0.526. The van der Waals surface area contributed by atoms with E-state index in [1.165, 1.54) is 0 Å². The Morgan fingerprint density at radius 3 is 2.58 bits per heavy atom. The summed E-state index contributed by atoms with van der Waals surface area (Å²) in [6.45, 7) is 0.792. The average molecular weight is 425 g/mol. The molecule has 1 heterocycles. The molecule has 0 saturated carbocycles. The number of imidazole rings is 1. The number of ether oxygens (including phenoxy) is 3. The smallest absolute Gasteiger partial charge is 0.234 e. The second-order valence-corrected chi connectivity index (χ2v) is 7.11. The summed E-state index contributed by atoms with van der Waals surface area (Å²) < 4.78 is 18.7. The van der Waals surface area contributed by atoms with E-state index in [9.17, 15) is 4.79 Å². The molecular weight excluding hydrogens is 396 g/mol. The highest BCUT2D eigenvalue weighted by molar-refractivity contribution is 5.80. The summed E-state index contributed by atoms with van der Waals surface area (Å²) in [6, 6.07) is 12.8. The normalized spacial score (nSPS) is 11.7. The molecule has 3 rings (SSSR count). The molecule has 164 valence electrons. The van der Waals surface area contributed by atoms with E-state index in [1.54, 1.807) is 26.7 Å². The van der Waals surface area contributed by atoms with Crippen LogP contribution in [0.1, 0.15) is 16.8 Å². The molecule has 0 aliphatic carbocycles. The number of aromatic nitrogens is 2. The Morgan fingerprint density at radius 1 is 1.13 bits per heavy atom. The highest BCUT2D eigenvalue weighted by atomic mass is 16.5. The first-order valence-corrected chi connectivity index (χ1v) is 9.91. The van der Waals surface area contributed by atoms with Gasteiger partial charge in [-0.15, -0.1) is 0 Å². The van der Waals surface area contributed by atoms with Gasteiger partial charge in [-0.2, -0.15) is 0 Å². The van der Waals surface area contributed by atoms with E-state index in [-0.39, 0.29) is 0 Å². The minimum Gasteiger partial charge on any atom is -0.496 e. The van der Waals surface area contributed by atoms with Crippen LogP contribution in [0, 0.1) is 0 Å². The third-order valence-corrected chi connectivity index (χ3v) is 5.06. The van der Waals surface area contributed by atoms with Crippen molar-refractivity contribution in [2.45, 2.75) is 25.6 Å². The summed E-state index contributed by atoms with van der Waals surface area (Å²) in [7, 11) is 5.12. The van der Waals surface area contributed by atoms with Gasteiger partial charge >= 0.3 is 0 Å². The topological polar surface area (TPSA) is 101 Å². The number of hydrogen-bond acceptors (Lipinski definition) is 6. The van der Waals surface area contributed by atoms with Gasteiger partial charge in [-0.1, -0.05) is 24.3 Å². The van der Waals surface area contributed by atoms with Gasteiger partial charge in [0.1, 0.15) is 23.9 Å². The van der Waals surface area contributed by atoms with E-state index in [4.69, 9.17) is 19.9 Å². The molecule has 0 aliphatic heterocycles. The van der Waals surface area contributed by atoms with Gasteiger partial charge in [-0.25, -0.2) is 4.98 Å². The van der Waals surface area contributed by atoms with Crippen LogP contribution in [-0.4, -0.2) is 35.7 Å². The fourth-order valence-corrected chi connectivity index (χ4v) is 3.24. The van der Waals surface area contributed by atoms with E-state index in [0.29, 0.717) is 31.1 Å². The van der Waals surface area contributed by atoms with Crippen LogP contribution in [0.5, 0.6) is 17.2 Å². The van der Waals surface area contributed by atoms with Crippen LogP contribution >= 0.6 is 0 Å². The summed E-state index contributed by atoms with van der Waals surface area (Å²) >= 11 is 0. The van der Waals surface area contributed by atoms with Crippen LogP contribution in [0.2, 0.25) is 0 Å². The number of hydrogen-bond donors (Lipinski definition) is 2. The second kappa shape index (κ2) is 10.5. The van der Waals surface area contributed by atoms with Crippen LogP contribution in [0.25, 0.3) is 0 Å². The Balaban J connectivity index is 1.65. The zero-order chi connectivity index (χ0) is 22.2. The molecule has 3 N–H and O–H groups in total. The largest absolute Gasteiger partial charge is 0.496 e. The summed E-state index contributed by atoms with van der Waals surface area (Å²) in [6.07, 6.45) is 3.88. The molecule has 0 saturated heterocycles. The number of nitrogens with zero attached hydrogens (tertiary/aromatic N) is 2. The second-order valence-electron chi connectivity index (χ2n) is 7.11. The molecule has 2 aromatic carbocycles. The minimum absolute atomic E-state index is 0.374. The molecule has 0 aliphatic rings. The van der Waals surface area contributed by atoms with Crippen molar-refractivity contribution in [3.05, 3.63) is 71.8 Å². The van der Waals surface area contributed by atoms with Crippen molar-refractivity contribution in [1.29, 1.82) is 0 Å². The van der Waals surface area contributed by atoms with Gasteiger partial charge in [0.25, 0.3) is 0 Å². The fraction of sp³-hybridized carbons (Fsp3) is 0.304. The van der Waals surface area contributed by atoms with E-state index in [1.807, 2.05) is 54.1 Å². The zero-order valence-electron chi connectivity index (χ0n) is 18.0. The first-order valence-electron chi connectivity index (χ1n) is 9.91. The van der Waals surface area contributed by atoms with Crippen molar-refractivity contribution < 1.29 is 19.0 Å². The lowest BCUT2D eigenvalue weighted by Gasteiger charge is -2.17. The summed E-state index contributed by atoms with van der Waals surface area (Å²) in [5.41, 5.74) is 8.35. The van der Waals surface area contributed by atoms with E-state index >= 15 is 0 Å². The number of para-hydroxylation sites is 1. The van der Waals surface area contributed by atoms with Gasteiger partial charge in [0.2, 0.25) is 5.91 Å². The molecule has 31 heavy (non-hydrogen) atoms. The van der Waals surface area contributed by atoms with E-state index < -0.39 is 11.9 Å². The van der Waals surface area contributed by atoms with Crippen molar-refractivity contribution in [2.24, 2.45) is 12.8 Å². The number of carbonyl (C=O) groups is 1. The quantitative estimate of drug-likeness (QED) is 0.489. The highest BCUT2D eigenvalue weighted by Gasteiger charge is 2.18. The van der Waals surface area contributed by atoms with Gasteiger partial charge in [0, 0.05) is 49.1 Å². The van der Waals surface area contributed by atoms with Crippen molar-refractivity contribution in [1.82, 2.24) is 14.9 Å². The zero-order valence-corrected chi connectivity index (χ0v) is 18.0. The van der Waals surface area contributed by atoms with Gasteiger partial charge in [0.05, 0.1) is 26.6 Å². The predicted molar refractivity (Wildman–Crippen MR) is 117 cm³/mol. The van der Waals surface area contributed by atoms with Crippen LogP contribution < -0.4 is 25.3 Å². The van der Waals surface area contributed by atoms with Crippen molar-refractivity contribution >= 4 is 5.91 Å². The summed E-state index contributed by atoms with van der Waals surface area (Å²) in [4.78, 5) is 16.0. The first-order chi connectivity index (χ1) is 15.0.